The molecule has 0 heterocycles. The standard InChI is InChI=1S/C14H13NO2S/c15-12-7-3-1-5-10(12)9-18-13-8-4-2-6-11(13)14(16)17/h1-8H,9,15H2,(H,16,17). The Hall–Kier alpha value is -1.94. The summed E-state index contributed by atoms with van der Waals surface area (Å²) in [6.45, 7) is 0. The van der Waals surface area contributed by atoms with Crippen LogP contribution < -0.4 is 5.73 Å². The molecule has 3 nitrogen and oxygen atoms in total. The summed E-state index contributed by atoms with van der Waals surface area (Å²) < 4.78 is 0. The molecule has 0 radical (unpaired) electrons. The summed E-state index contributed by atoms with van der Waals surface area (Å²) in [7, 11) is 0. The number of benzene rings is 2. The number of hydrogen-bond donors (Lipinski definition) is 2. The average Bonchev–Trinajstić information content (AvgIpc) is 2.38. The summed E-state index contributed by atoms with van der Waals surface area (Å²) in [5.74, 6) is -0.240. The molecule has 0 aliphatic heterocycles. The Bertz CT molecular complexity index is 569. The van der Waals surface area contributed by atoms with E-state index in [0.29, 0.717) is 11.3 Å². The van der Waals surface area contributed by atoms with Crippen LogP contribution in [0.4, 0.5) is 5.69 Å². The van der Waals surface area contributed by atoms with E-state index in [1.807, 2.05) is 36.4 Å². The first-order valence-electron chi connectivity index (χ1n) is 5.47. The average molecular weight is 259 g/mol. The van der Waals surface area contributed by atoms with Crippen molar-refractivity contribution in [2.75, 3.05) is 5.73 Å². The van der Waals surface area contributed by atoms with Crippen LogP contribution in [0.15, 0.2) is 53.4 Å². The number of para-hydroxylation sites is 1. The smallest absolute Gasteiger partial charge is 0.336 e. The lowest BCUT2D eigenvalue weighted by molar-refractivity contribution is 0.0693. The van der Waals surface area contributed by atoms with Crippen molar-refractivity contribution in [2.45, 2.75) is 10.6 Å². The summed E-state index contributed by atoms with van der Waals surface area (Å²) in [6, 6.07) is 14.6. The molecule has 0 aliphatic carbocycles. The van der Waals surface area contributed by atoms with Crippen LogP contribution in [0.5, 0.6) is 0 Å². The summed E-state index contributed by atoms with van der Waals surface area (Å²) >= 11 is 1.48. The first-order valence-corrected chi connectivity index (χ1v) is 6.45. The van der Waals surface area contributed by atoms with E-state index in [2.05, 4.69) is 0 Å². The van der Waals surface area contributed by atoms with E-state index in [0.717, 1.165) is 16.1 Å². The summed E-state index contributed by atoms with van der Waals surface area (Å²) in [4.78, 5) is 11.8. The molecule has 2 aromatic rings. The van der Waals surface area contributed by atoms with Gasteiger partial charge in [-0.3, -0.25) is 0 Å². The lowest BCUT2D eigenvalue weighted by Crippen LogP contribution is -1.98. The molecule has 2 rings (SSSR count). The van der Waals surface area contributed by atoms with Gasteiger partial charge in [0.05, 0.1) is 5.56 Å². The van der Waals surface area contributed by atoms with Gasteiger partial charge in [0.1, 0.15) is 0 Å². The van der Waals surface area contributed by atoms with E-state index in [-0.39, 0.29) is 0 Å². The number of carboxylic acid groups (broad SMARTS) is 1. The molecule has 0 amide bonds. The summed E-state index contributed by atoms with van der Waals surface area (Å²) in [5.41, 5.74) is 7.93. The molecular formula is C14H13NO2S. The molecule has 2 aromatic carbocycles. The Labute approximate surface area is 110 Å². The molecule has 0 aromatic heterocycles. The Kier molecular flexibility index (Phi) is 3.89. The maximum Gasteiger partial charge on any atom is 0.336 e. The number of rotatable bonds is 4. The SMILES string of the molecule is Nc1ccccc1CSc1ccccc1C(=O)O. The number of hydrogen-bond acceptors (Lipinski definition) is 3. The predicted molar refractivity (Wildman–Crippen MR) is 73.8 cm³/mol. The number of nitrogens with two attached hydrogens (primary N) is 1. The largest absolute Gasteiger partial charge is 0.478 e. The number of nitrogen functional groups attached to an aromatic ring is 1. The zero-order valence-corrected chi connectivity index (χ0v) is 10.5. The van der Waals surface area contributed by atoms with Gasteiger partial charge in [-0.1, -0.05) is 30.3 Å². The van der Waals surface area contributed by atoms with Crippen molar-refractivity contribution in [1.29, 1.82) is 0 Å². The van der Waals surface area contributed by atoms with Gasteiger partial charge in [-0.15, -0.1) is 11.8 Å². The van der Waals surface area contributed by atoms with E-state index in [1.54, 1.807) is 12.1 Å². The fourth-order valence-electron chi connectivity index (χ4n) is 1.59. The van der Waals surface area contributed by atoms with Crippen molar-refractivity contribution in [1.82, 2.24) is 0 Å². The van der Waals surface area contributed by atoms with Crippen LogP contribution in [0.3, 0.4) is 0 Å². The lowest BCUT2D eigenvalue weighted by atomic mass is 10.2. The number of carbonyl (C=O) groups is 1. The van der Waals surface area contributed by atoms with Crippen LogP contribution in [-0.4, -0.2) is 11.1 Å². The third-order valence-electron chi connectivity index (χ3n) is 2.56. The first-order chi connectivity index (χ1) is 8.68. The quantitative estimate of drug-likeness (QED) is 0.653. The fourth-order valence-corrected chi connectivity index (χ4v) is 2.65. The van der Waals surface area contributed by atoms with E-state index < -0.39 is 5.97 Å². The van der Waals surface area contributed by atoms with Crippen LogP contribution in [-0.2, 0) is 5.75 Å². The van der Waals surface area contributed by atoms with E-state index in [4.69, 9.17) is 10.8 Å². The van der Waals surface area contributed by atoms with Gasteiger partial charge in [0.15, 0.2) is 0 Å². The molecule has 0 saturated heterocycles. The van der Waals surface area contributed by atoms with Crippen LogP contribution >= 0.6 is 11.8 Å². The Morgan fingerprint density at radius 1 is 1.11 bits per heavy atom. The van der Waals surface area contributed by atoms with Gasteiger partial charge in [-0.25, -0.2) is 4.79 Å². The van der Waals surface area contributed by atoms with Crippen LogP contribution in [0, 0.1) is 0 Å². The normalized spacial score (nSPS) is 10.2. The van der Waals surface area contributed by atoms with Gasteiger partial charge in [-0.2, -0.15) is 0 Å². The number of anilines is 1. The van der Waals surface area contributed by atoms with Crippen molar-refractivity contribution in [3.05, 3.63) is 59.7 Å². The Morgan fingerprint density at radius 2 is 1.78 bits per heavy atom. The predicted octanol–water partition coefficient (Wildman–Crippen LogP) is 3.26. The molecule has 0 fully saturated rings. The topological polar surface area (TPSA) is 63.3 Å². The third-order valence-corrected chi connectivity index (χ3v) is 3.68. The molecule has 0 unspecified atom stereocenters. The van der Waals surface area contributed by atoms with E-state index >= 15 is 0 Å². The number of thioether (sulfide) groups is 1. The zero-order valence-electron chi connectivity index (χ0n) is 9.67. The van der Waals surface area contributed by atoms with E-state index in [9.17, 15) is 4.79 Å². The third kappa shape index (κ3) is 2.84. The second-order valence-electron chi connectivity index (χ2n) is 3.79. The molecule has 4 heteroatoms. The van der Waals surface area contributed by atoms with Gasteiger partial charge < -0.3 is 10.8 Å². The molecule has 18 heavy (non-hydrogen) atoms. The summed E-state index contributed by atoms with van der Waals surface area (Å²) in [6.07, 6.45) is 0. The van der Waals surface area contributed by atoms with Crippen LogP contribution in [0.2, 0.25) is 0 Å². The van der Waals surface area contributed by atoms with Gasteiger partial charge in [0, 0.05) is 16.3 Å². The number of carboxylic acids is 1. The Balaban J connectivity index is 2.16. The van der Waals surface area contributed by atoms with Crippen molar-refractivity contribution < 1.29 is 9.90 Å². The van der Waals surface area contributed by atoms with Gasteiger partial charge in [0.2, 0.25) is 0 Å². The highest BCUT2D eigenvalue weighted by Crippen LogP contribution is 2.28. The van der Waals surface area contributed by atoms with Crippen molar-refractivity contribution in [3.8, 4) is 0 Å². The zero-order chi connectivity index (χ0) is 13.0. The second kappa shape index (κ2) is 5.60. The van der Waals surface area contributed by atoms with Crippen molar-refractivity contribution in [2.24, 2.45) is 0 Å². The van der Waals surface area contributed by atoms with Gasteiger partial charge >= 0.3 is 5.97 Å². The van der Waals surface area contributed by atoms with Crippen molar-refractivity contribution >= 4 is 23.4 Å². The minimum absolute atomic E-state index is 0.331. The van der Waals surface area contributed by atoms with Crippen molar-refractivity contribution in [3.63, 3.8) is 0 Å². The van der Waals surface area contributed by atoms with Gasteiger partial charge in [0.25, 0.3) is 0 Å². The summed E-state index contributed by atoms with van der Waals surface area (Å²) in [5, 5.41) is 9.08. The van der Waals surface area contributed by atoms with Gasteiger partial charge in [-0.05, 0) is 23.8 Å². The maximum absolute atomic E-state index is 11.1. The molecule has 0 aliphatic rings. The minimum atomic E-state index is -0.904. The molecule has 0 spiro atoms. The number of aromatic carboxylic acids is 1. The molecule has 92 valence electrons. The molecule has 3 N–H and O–H groups in total. The molecule has 0 bridgehead atoms. The molecule has 0 atom stereocenters. The fraction of sp³-hybridized carbons (Fsp3) is 0.0714. The molecule has 0 saturated carbocycles. The maximum atomic E-state index is 11.1. The first kappa shape index (κ1) is 12.5. The minimum Gasteiger partial charge on any atom is -0.478 e. The monoisotopic (exact) mass is 259 g/mol. The lowest BCUT2D eigenvalue weighted by Gasteiger charge is -2.07. The molecular weight excluding hydrogens is 246 g/mol. The Morgan fingerprint density at radius 3 is 2.50 bits per heavy atom. The highest BCUT2D eigenvalue weighted by atomic mass is 32.2. The van der Waals surface area contributed by atoms with E-state index in [1.165, 1.54) is 11.8 Å². The highest BCUT2D eigenvalue weighted by Gasteiger charge is 2.09. The second-order valence-corrected chi connectivity index (χ2v) is 4.81. The van der Waals surface area contributed by atoms with Crippen LogP contribution in [0.1, 0.15) is 15.9 Å². The highest BCUT2D eigenvalue weighted by molar-refractivity contribution is 7.98. The van der Waals surface area contributed by atoms with Crippen LogP contribution in [0.25, 0.3) is 0 Å².